The van der Waals surface area contributed by atoms with Crippen LogP contribution in [0.1, 0.15) is 31.2 Å². The van der Waals surface area contributed by atoms with E-state index in [1.807, 2.05) is 26.1 Å². The largest absolute Gasteiger partial charge is 0.250 e. The van der Waals surface area contributed by atoms with Crippen LogP contribution in [-0.4, -0.2) is 46.8 Å². The predicted octanol–water partition coefficient (Wildman–Crippen LogP) is 1.59. The first-order chi connectivity index (χ1) is 10.2. The van der Waals surface area contributed by atoms with Gasteiger partial charge in [0.2, 0.25) is 10.0 Å². The molecular weight excluding hydrogens is 300 g/mol. The van der Waals surface area contributed by atoms with Gasteiger partial charge in [0, 0.05) is 30.9 Å². The second kappa shape index (κ2) is 5.03. The van der Waals surface area contributed by atoms with Crippen LogP contribution in [-0.2, 0) is 22.5 Å². The summed E-state index contributed by atoms with van der Waals surface area (Å²) in [5, 5.41) is 5.45. The van der Waals surface area contributed by atoms with Crippen molar-refractivity contribution in [3.63, 3.8) is 0 Å². The maximum atomic E-state index is 11.9. The molecule has 120 valence electrons. The summed E-state index contributed by atoms with van der Waals surface area (Å²) in [4.78, 5) is 4.79. The first-order valence-corrected chi connectivity index (χ1v) is 9.31. The summed E-state index contributed by atoms with van der Waals surface area (Å²) in [6.45, 7) is 5.15. The number of rotatable bonds is 2. The fourth-order valence-corrected chi connectivity index (χ4v) is 4.31. The fourth-order valence-electron chi connectivity index (χ4n) is 3.32. The number of aromatic nitrogens is 3. The first-order valence-electron chi connectivity index (χ1n) is 7.47. The average Bonchev–Trinajstić information content (AvgIpc) is 2.73. The Morgan fingerprint density at radius 3 is 2.73 bits per heavy atom. The van der Waals surface area contributed by atoms with Crippen molar-refractivity contribution >= 4 is 21.1 Å². The van der Waals surface area contributed by atoms with Gasteiger partial charge in [-0.1, -0.05) is 6.92 Å². The summed E-state index contributed by atoms with van der Waals surface area (Å²) in [7, 11) is -1.28. The molecule has 7 heteroatoms. The van der Waals surface area contributed by atoms with E-state index in [1.165, 1.54) is 6.26 Å². The lowest BCUT2D eigenvalue weighted by Crippen LogP contribution is -2.47. The van der Waals surface area contributed by atoms with Crippen LogP contribution in [0.25, 0.3) is 11.0 Å². The third-order valence-corrected chi connectivity index (χ3v) is 5.87. The Labute approximate surface area is 131 Å². The van der Waals surface area contributed by atoms with Gasteiger partial charge in [-0.3, -0.25) is 4.68 Å². The molecule has 0 radical (unpaired) electrons. The molecule has 22 heavy (non-hydrogen) atoms. The molecule has 0 aromatic carbocycles. The van der Waals surface area contributed by atoms with E-state index in [-0.39, 0.29) is 5.41 Å². The maximum absolute atomic E-state index is 11.9. The number of piperidine rings is 1. The van der Waals surface area contributed by atoms with Crippen LogP contribution in [0.3, 0.4) is 0 Å². The molecule has 2 aromatic heterocycles. The molecule has 0 N–H and O–H groups in total. The number of hydrogen-bond donors (Lipinski definition) is 0. The van der Waals surface area contributed by atoms with Crippen LogP contribution in [0, 0.1) is 6.92 Å². The van der Waals surface area contributed by atoms with Gasteiger partial charge in [-0.05, 0) is 31.9 Å². The van der Waals surface area contributed by atoms with Crippen LogP contribution >= 0.6 is 0 Å². The van der Waals surface area contributed by atoms with E-state index in [9.17, 15) is 8.42 Å². The van der Waals surface area contributed by atoms with Crippen molar-refractivity contribution < 1.29 is 8.42 Å². The first kappa shape index (κ1) is 15.4. The van der Waals surface area contributed by atoms with E-state index in [0.29, 0.717) is 13.1 Å². The van der Waals surface area contributed by atoms with E-state index < -0.39 is 10.0 Å². The molecule has 0 aliphatic carbocycles. The summed E-state index contributed by atoms with van der Waals surface area (Å²) in [5.41, 5.74) is 2.50. The van der Waals surface area contributed by atoms with E-state index in [0.717, 1.165) is 35.3 Å². The number of sulfonamides is 1. The number of fused-ring (bicyclic) bond motifs is 1. The van der Waals surface area contributed by atoms with E-state index >= 15 is 0 Å². The molecule has 3 rings (SSSR count). The molecule has 1 aliphatic rings. The minimum absolute atomic E-state index is 0.256. The summed E-state index contributed by atoms with van der Waals surface area (Å²) in [6.07, 6.45) is 3.07. The number of aryl methyl sites for hydroxylation is 2. The Morgan fingerprint density at radius 2 is 2.05 bits per heavy atom. The molecule has 0 spiro atoms. The van der Waals surface area contributed by atoms with Gasteiger partial charge in [0.1, 0.15) is 0 Å². The third kappa shape index (κ3) is 2.52. The van der Waals surface area contributed by atoms with Gasteiger partial charge in [-0.15, -0.1) is 0 Å². The van der Waals surface area contributed by atoms with E-state index in [4.69, 9.17) is 4.98 Å². The van der Waals surface area contributed by atoms with Crippen LogP contribution in [0.15, 0.2) is 12.1 Å². The molecule has 0 amide bonds. The van der Waals surface area contributed by atoms with Crippen LogP contribution < -0.4 is 0 Å². The molecule has 1 unspecified atom stereocenters. The summed E-state index contributed by atoms with van der Waals surface area (Å²) in [6, 6.07) is 4.06. The highest BCUT2D eigenvalue weighted by Gasteiger charge is 2.37. The van der Waals surface area contributed by atoms with Crippen LogP contribution in [0.4, 0.5) is 0 Å². The van der Waals surface area contributed by atoms with Crippen molar-refractivity contribution in [3.8, 4) is 0 Å². The topological polar surface area (TPSA) is 68.1 Å². The van der Waals surface area contributed by atoms with Gasteiger partial charge in [-0.25, -0.2) is 17.7 Å². The molecule has 1 atom stereocenters. The van der Waals surface area contributed by atoms with E-state index in [2.05, 4.69) is 12.0 Å². The Kier molecular flexibility index (Phi) is 3.52. The zero-order valence-electron chi connectivity index (χ0n) is 13.5. The van der Waals surface area contributed by atoms with E-state index in [1.54, 1.807) is 8.99 Å². The molecule has 0 bridgehead atoms. The fraction of sp³-hybridized carbons (Fsp3) is 0.600. The molecule has 1 fully saturated rings. The lowest BCUT2D eigenvalue weighted by atomic mass is 9.79. The second-order valence-electron chi connectivity index (χ2n) is 6.54. The summed E-state index contributed by atoms with van der Waals surface area (Å²) in [5.74, 6) is 0. The predicted molar refractivity (Wildman–Crippen MR) is 86.2 cm³/mol. The second-order valence-corrected chi connectivity index (χ2v) is 8.52. The average molecular weight is 322 g/mol. The Morgan fingerprint density at radius 1 is 1.32 bits per heavy atom. The molecule has 1 saturated heterocycles. The van der Waals surface area contributed by atoms with Gasteiger partial charge in [0.25, 0.3) is 0 Å². The lowest BCUT2D eigenvalue weighted by Gasteiger charge is -2.38. The van der Waals surface area contributed by atoms with Crippen molar-refractivity contribution in [2.45, 2.75) is 32.1 Å². The Balaban J connectivity index is 2.03. The van der Waals surface area contributed by atoms with Crippen molar-refractivity contribution in [1.82, 2.24) is 19.1 Å². The van der Waals surface area contributed by atoms with Crippen LogP contribution in [0.5, 0.6) is 0 Å². The molecule has 1 aliphatic heterocycles. The maximum Gasteiger partial charge on any atom is 0.211 e. The summed E-state index contributed by atoms with van der Waals surface area (Å²) < 4.78 is 27.1. The Bertz CT molecular complexity index is 827. The number of nitrogens with zero attached hydrogens (tertiary/aromatic N) is 4. The quantitative estimate of drug-likeness (QED) is 0.842. The normalized spacial score (nSPS) is 24.0. The lowest BCUT2D eigenvalue weighted by molar-refractivity contribution is 0.237. The Hall–Kier alpha value is -1.47. The smallest absolute Gasteiger partial charge is 0.211 e. The third-order valence-electron chi connectivity index (χ3n) is 4.62. The van der Waals surface area contributed by atoms with Gasteiger partial charge < -0.3 is 0 Å². The zero-order valence-corrected chi connectivity index (χ0v) is 14.3. The minimum Gasteiger partial charge on any atom is -0.250 e. The monoisotopic (exact) mass is 322 g/mol. The van der Waals surface area contributed by atoms with Gasteiger partial charge in [-0.2, -0.15) is 5.10 Å². The van der Waals surface area contributed by atoms with Crippen molar-refractivity contribution in [3.05, 3.63) is 23.5 Å². The highest BCUT2D eigenvalue weighted by Crippen LogP contribution is 2.34. The van der Waals surface area contributed by atoms with Gasteiger partial charge in [0.15, 0.2) is 5.65 Å². The summed E-state index contributed by atoms with van der Waals surface area (Å²) >= 11 is 0. The van der Waals surface area contributed by atoms with Gasteiger partial charge >= 0.3 is 0 Å². The molecule has 6 nitrogen and oxygen atoms in total. The number of pyridine rings is 1. The van der Waals surface area contributed by atoms with Crippen LogP contribution in [0.2, 0.25) is 0 Å². The number of hydrogen-bond acceptors (Lipinski definition) is 4. The minimum atomic E-state index is -3.16. The molecular formula is C15H22N4O2S. The zero-order chi connectivity index (χ0) is 16.1. The SMILES string of the molecule is Cc1nn(C)c2nc(C3(C)CCCN(S(C)(=O)=O)C3)ccc12. The molecule has 2 aromatic rings. The standard InChI is InChI=1S/C15H22N4O2S/c1-11-12-6-7-13(16-14(12)18(3)17-11)15(2)8-5-9-19(10-15)22(4,20)21/h6-7H,5,8-10H2,1-4H3. The molecule has 3 heterocycles. The van der Waals surface area contributed by atoms with Crippen molar-refractivity contribution in [2.24, 2.45) is 7.05 Å². The highest BCUT2D eigenvalue weighted by atomic mass is 32.2. The van der Waals surface area contributed by atoms with Crippen molar-refractivity contribution in [2.75, 3.05) is 19.3 Å². The van der Waals surface area contributed by atoms with Gasteiger partial charge in [0.05, 0.1) is 17.6 Å². The van der Waals surface area contributed by atoms with Crippen molar-refractivity contribution in [1.29, 1.82) is 0 Å². The molecule has 0 saturated carbocycles. The highest BCUT2D eigenvalue weighted by molar-refractivity contribution is 7.88.